The second-order valence-corrected chi connectivity index (χ2v) is 5.51. The van der Waals surface area contributed by atoms with Gasteiger partial charge in [0.1, 0.15) is 5.82 Å². The number of hydrogen-bond acceptors (Lipinski definition) is 5. The van der Waals surface area contributed by atoms with Gasteiger partial charge in [-0.3, -0.25) is 4.79 Å². The molecule has 0 spiro atoms. The van der Waals surface area contributed by atoms with Crippen LogP contribution in [0.5, 0.6) is 0 Å². The number of benzene rings is 1. The molecule has 0 atom stereocenters. The third kappa shape index (κ3) is 3.56. The molecular weight excluding hydrogens is 297 g/mol. The fourth-order valence-electron chi connectivity index (χ4n) is 2.67. The number of hydrogen-bond donors (Lipinski definition) is 2. The topological polar surface area (TPSA) is 84.1 Å². The number of carbonyl (C=O) groups is 1. The van der Waals surface area contributed by atoms with E-state index in [9.17, 15) is 9.18 Å². The number of nitrogens with zero attached hydrogens (tertiary/aromatic N) is 3. The first-order valence-electron chi connectivity index (χ1n) is 7.51. The summed E-state index contributed by atoms with van der Waals surface area (Å²) < 4.78 is 12.9. The van der Waals surface area contributed by atoms with Crippen LogP contribution in [0.3, 0.4) is 0 Å². The zero-order valence-corrected chi connectivity index (χ0v) is 12.6. The molecule has 1 aliphatic rings. The van der Waals surface area contributed by atoms with Gasteiger partial charge in [-0.1, -0.05) is 0 Å². The van der Waals surface area contributed by atoms with Gasteiger partial charge in [-0.25, -0.2) is 14.4 Å². The van der Waals surface area contributed by atoms with Gasteiger partial charge in [0, 0.05) is 37.2 Å². The van der Waals surface area contributed by atoms with Crippen molar-refractivity contribution in [2.24, 2.45) is 0 Å². The molecule has 1 amide bonds. The molecule has 3 rings (SSSR count). The van der Waals surface area contributed by atoms with E-state index in [2.05, 4.69) is 15.3 Å². The van der Waals surface area contributed by atoms with E-state index in [4.69, 9.17) is 5.73 Å². The van der Waals surface area contributed by atoms with E-state index in [0.717, 1.165) is 18.5 Å². The van der Waals surface area contributed by atoms with Gasteiger partial charge in [0.25, 0.3) is 5.91 Å². The lowest BCUT2D eigenvalue weighted by atomic mass is 10.0. The van der Waals surface area contributed by atoms with Crippen molar-refractivity contribution in [1.82, 2.24) is 14.9 Å². The van der Waals surface area contributed by atoms with Crippen molar-refractivity contribution in [2.45, 2.75) is 18.9 Å². The predicted octanol–water partition coefficient (Wildman–Crippen LogP) is 1.91. The maximum absolute atomic E-state index is 12.9. The molecule has 0 radical (unpaired) electrons. The zero-order valence-electron chi connectivity index (χ0n) is 12.6. The first-order chi connectivity index (χ1) is 11.1. The second-order valence-electron chi connectivity index (χ2n) is 5.51. The van der Waals surface area contributed by atoms with E-state index in [1.165, 1.54) is 24.5 Å². The first-order valence-corrected chi connectivity index (χ1v) is 7.51. The number of nitrogens with two attached hydrogens (primary N) is 1. The van der Waals surface area contributed by atoms with Crippen LogP contribution in [0.2, 0.25) is 0 Å². The summed E-state index contributed by atoms with van der Waals surface area (Å²) in [6.45, 7) is 1.24. The van der Waals surface area contributed by atoms with Crippen LogP contribution in [0.4, 0.5) is 15.9 Å². The average Bonchev–Trinajstić information content (AvgIpc) is 2.57. The summed E-state index contributed by atoms with van der Waals surface area (Å²) in [7, 11) is 0. The van der Waals surface area contributed by atoms with Crippen molar-refractivity contribution in [3.63, 3.8) is 0 Å². The molecule has 2 aromatic rings. The molecule has 3 N–H and O–H groups in total. The molecule has 23 heavy (non-hydrogen) atoms. The molecule has 0 unspecified atom stereocenters. The number of nitrogen functional groups attached to an aromatic ring is 1. The normalized spacial score (nSPS) is 15.4. The SMILES string of the molecule is Nc1nccnc1C(=O)N1CCC(Nc2ccc(F)cc2)CC1. The number of likely N-dealkylation sites (tertiary alicyclic amines) is 1. The Labute approximate surface area is 133 Å². The van der Waals surface area contributed by atoms with Gasteiger partial charge in [0.15, 0.2) is 11.5 Å². The predicted molar refractivity (Wildman–Crippen MR) is 85.4 cm³/mol. The highest BCUT2D eigenvalue weighted by atomic mass is 19.1. The summed E-state index contributed by atoms with van der Waals surface area (Å²) in [5, 5.41) is 3.36. The van der Waals surface area contributed by atoms with Crippen LogP contribution < -0.4 is 11.1 Å². The molecule has 1 saturated heterocycles. The minimum atomic E-state index is -0.252. The van der Waals surface area contributed by atoms with E-state index in [1.54, 1.807) is 17.0 Å². The number of amides is 1. The van der Waals surface area contributed by atoms with Crippen LogP contribution in [0.1, 0.15) is 23.3 Å². The maximum Gasteiger partial charge on any atom is 0.276 e. The summed E-state index contributed by atoms with van der Waals surface area (Å²) >= 11 is 0. The highest BCUT2D eigenvalue weighted by Crippen LogP contribution is 2.19. The van der Waals surface area contributed by atoms with Crippen LogP contribution in [0.25, 0.3) is 0 Å². The van der Waals surface area contributed by atoms with Gasteiger partial charge in [0.2, 0.25) is 0 Å². The third-order valence-corrected chi connectivity index (χ3v) is 3.93. The number of nitrogens with one attached hydrogen (secondary N) is 1. The number of piperidine rings is 1. The summed E-state index contributed by atoms with van der Waals surface area (Å²) in [6.07, 6.45) is 4.55. The lowest BCUT2D eigenvalue weighted by molar-refractivity contribution is 0.0713. The van der Waals surface area contributed by atoms with Crippen molar-refractivity contribution in [3.8, 4) is 0 Å². The Balaban J connectivity index is 1.57. The van der Waals surface area contributed by atoms with Crippen LogP contribution >= 0.6 is 0 Å². The highest BCUT2D eigenvalue weighted by molar-refractivity contribution is 5.96. The van der Waals surface area contributed by atoms with Gasteiger partial charge in [-0.2, -0.15) is 0 Å². The van der Waals surface area contributed by atoms with E-state index in [0.29, 0.717) is 13.1 Å². The Kier molecular flexibility index (Phi) is 4.36. The standard InChI is InChI=1S/C16H18FN5O/c17-11-1-3-12(4-2-11)21-13-5-9-22(10-6-13)16(23)14-15(18)20-8-7-19-14/h1-4,7-8,13,21H,5-6,9-10H2,(H2,18,20). The van der Waals surface area contributed by atoms with Crippen molar-refractivity contribution >= 4 is 17.4 Å². The lowest BCUT2D eigenvalue weighted by Gasteiger charge is -2.32. The van der Waals surface area contributed by atoms with E-state index in [1.807, 2.05) is 0 Å². The van der Waals surface area contributed by atoms with Gasteiger partial charge in [0.05, 0.1) is 0 Å². The molecule has 2 heterocycles. The Morgan fingerprint density at radius 2 is 1.83 bits per heavy atom. The van der Waals surface area contributed by atoms with Gasteiger partial charge < -0.3 is 16.0 Å². The number of anilines is 2. The fraction of sp³-hybridized carbons (Fsp3) is 0.312. The monoisotopic (exact) mass is 315 g/mol. The van der Waals surface area contributed by atoms with Crippen molar-refractivity contribution in [1.29, 1.82) is 0 Å². The van der Waals surface area contributed by atoms with Crippen LogP contribution in [0.15, 0.2) is 36.7 Å². The smallest absolute Gasteiger partial charge is 0.276 e. The minimum Gasteiger partial charge on any atom is -0.382 e. The molecule has 1 aliphatic heterocycles. The Hall–Kier alpha value is -2.70. The first kappa shape index (κ1) is 15.2. The number of halogens is 1. The summed E-state index contributed by atoms with van der Waals surface area (Å²) in [5.41, 5.74) is 6.80. The van der Waals surface area contributed by atoms with E-state index >= 15 is 0 Å². The molecule has 6 nitrogen and oxygen atoms in total. The Bertz CT molecular complexity index is 683. The quantitative estimate of drug-likeness (QED) is 0.904. The molecule has 0 aliphatic carbocycles. The third-order valence-electron chi connectivity index (χ3n) is 3.93. The van der Waals surface area contributed by atoms with Crippen molar-refractivity contribution in [2.75, 3.05) is 24.1 Å². The fourth-order valence-corrected chi connectivity index (χ4v) is 2.67. The van der Waals surface area contributed by atoms with E-state index < -0.39 is 0 Å². The molecule has 1 fully saturated rings. The minimum absolute atomic E-state index is 0.157. The molecular formula is C16H18FN5O. The molecule has 0 saturated carbocycles. The number of aromatic nitrogens is 2. The molecule has 0 bridgehead atoms. The molecule has 120 valence electrons. The van der Waals surface area contributed by atoms with Gasteiger partial charge in [-0.05, 0) is 37.1 Å². The molecule has 1 aromatic heterocycles. The Morgan fingerprint density at radius 3 is 2.48 bits per heavy atom. The maximum atomic E-state index is 12.9. The van der Waals surface area contributed by atoms with Crippen LogP contribution in [0, 0.1) is 5.82 Å². The second kappa shape index (κ2) is 6.60. The summed E-state index contributed by atoms with van der Waals surface area (Å²) in [4.78, 5) is 22.1. The lowest BCUT2D eigenvalue weighted by Crippen LogP contribution is -2.42. The summed E-state index contributed by atoms with van der Waals surface area (Å²) in [6, 6.07) is 6.54. The van der Waals surface area contributed by atoms with E-state index in [-0.39, 0.29) is 29.3 Å². The van der Waals surface area contributed by atoms with Gasteiger partial charge in [-0.15, -0.1) is 0 Å². The zero-order chi connectivity index (χ0) is 16.2. The number of rotatable bonds is 3. The largest absolute Gasteiger partial charge is 0.382 e. The van der Waals surface area contributed by atoms with Crippen LogP contribution in [-0.2, 0) is 0 Å². The average molecular weight is 315 g/mol. The summed E-state index contributed by atoms with van der Waals surface area (Å²) in [5.74, 6) is -0.280. The molecule has 7 heteroatoms. The number of carbonyl (C=O) groups excluding carboxylic acids is 1. The highest BCUT2D eigenvalue weighted by Gasteiger charge is 2.25. The molecule has 1 aromatic carbocycles. The van der Waals surface area contributed by atoms with Crippen molar-refractivity contribution in [3.05, 3.63) is 48.2 Å². The van der Waals surface area contributed by atoms with Crippen molar-refractivity contribution < 1.29 is 9.18 Å². The Morgan fingerprint density at radius 1 is 1.17 bits per heavy atom. The van der Waals surface area contributed by atoms with Gasteiger partial charge >= 0.3 is 0 Å². The van der Waals surface area contributed by atoms with Crippen LogP contribution in [-0.4, -0.2) is 39.9 Å².